The summed E-state index contributed by atoms with van der Waals surface area (Å²) in [6.07, 6.45) is 0.711. The van der Waals surface area contributed by atoms with Crippen LogP contribution in [-0.4, -0.2) is 26.2 Å². The van der Waals surface area contributed by atoms with Gasteiger partial charge in [0.15, 0.2) is 18.1 Å². The minimum absolute atomic E-state index is 0.0936. The lowest BCUT2D eigenvalue weighted by atomic mass is 10.0. The van der Waals surface area contributed by atoms with Gasteiger partial charge in [-0.05, 0) is 18.2 Å². The highest BCUT2D eigenvalue weighted by molar-refractivity contribution is 5.78. The van der Waals surface area contributed by atoms with E-state index < -0.39 is 0 Å². The second kappa shape index (κ2) is 7.58. The van der Waals surface area contributed by atoms with Crippen molar-refractivity contribution in [3.63, 3.8) is 0 Å². The molecule has 6 nitrogen and oxygen atoms in total. The molecule has 1 atom stereocenters. The topological polar surface area (TPSA) is 80.6 Å². The summed E-state index contributed by atoms with van der Waals surface area (Å²) in [5, 5.41) is 11.9. The number of methoxy groups -OCH3 is 1. The molecule has 0 unspecified atom stereocenters. The Hall–Kier alpha value is -3.20. The zero-order valence-corrected chi connectivity index (χ0v) is 13.8. The Bertz CT molecular complexity index is 813. The van der Waals surface area contributed by atoms with E-state index in [4.69, 9.17) is 19.5 Å². The number of hydrogen-bond donors (Lipinski definition) is 1. The molecule has 0 aromatic heterocycles. The fraction of sp³-hybridized carbons (Fsp3) is 0.263. The predicted octanol–water partition coefficient (Wildman–Crippen LogP) is 2.59. The van der Waals surface area contributed by atoms with E-state index >= 15 is 0 Å². The summed E-state index contributed by atoms with van der Waals surface area (Å²) in [6.45, 7) is 0.425. The van der Waals surface area contributed by atoms with Crippen molar-refractivity contribution in [2.45, 2.75) is 12.5 Å². The summed E-state index contributed by atoms with van der Waals surface area (Å²) in [5.41, 5.74) is 1.44. The van der Waals surface area contributed by atoms with Crippen molar-refractivity contribution >= 4 is 5.91 Å². The van der Waals surface area contributed by atoms with Crippen LogP contribution in [0.5, 0.6) is 17.2 Å². The van der Waals surface area contributed by atoms with Crippen molar-refractivity contribution in [3.05, 3.63) is 53.6 Å². The zero-order valence-electron chi connectivity index (χ0n) is 13.8. The maximum absolute atomic E-state index is 12.2. The van der Waals surface area contributed by atoms with E-state index in [2.05, 4.69) is 5.32 Å². The molecule has 0 spiro atoms. The predicted molar refractivity (Wildman–Crippen MR) is 90.6 cm³/mol. The molecule has 2 aromatic carbocycles. The Kier molecular flexibility index (Phi) is 5.05. The minimum atomic E-state index is -0.229. The molecule has 2 aromatic rings. The van der Waals surface area contributed by atoms with Gasteiger partial charge in [0, 0.05) is 18.1 Å². The summed E-state index contributed by atoms with van der Waals surface area (Å²) >= 11 is 0. The minimum Gasteiger partial charge on any atom is -0.493 e. The first-order valence-corrected chi connectivity index (χ1v) is 7.93. The first kappa shape index (κ1) is 16.7. The molecule has 0 bridgehead atoms. The molecule has 1 aliphatic rings. The molecule has 0 saturated carbocycles. The van der Waals surface area contributed by atoms with Crippen LogP contribution in [0.4, 0.5) is 0 Å². The Balaban J connectivity index is 1.62. The molecule has 3 rings (SSSR count). The van der Waals surface area contributed by atoms with Crippen LogP contribution in [0.15, 0.2) is 42.5 Å². The number of benzene rings is 2. The molecule has 1 heterocycles. The molecule has 25 heavy (non-hydrogen) atoms. The van der Waals surface area contributed by atoms with E-state index in [0.29, 0.717) is 30.1 Å². The van der Waals surface area contributed by atoms with E-state index in [-0.39, 0.29) is 18.6 Å². The zero-order chi connectivity index (χ0) is 17.6. The number of carbonyl (C=O) groups is 1. The molecule has 0 radical (unpaired) electrons. The van der Waals surface area contributed by atoms with Crippen molar-refractivity contribution in [1.82, 2.24) is 5.32 Å². The molecule has 128 valence electrons. The van der Waals surface area contributed by atoms with Crippen LogP contribution in [0, 0.1) is 11.3 Å². The fourth-order valence-corrected chi connectivity index (χ4v) is 2.73. The number of rotatable bonds is 5. The molecule has 1 aliphatic heterocycles. The van der Waals surface area contributed by atoms with Crippen molar-refractivity contribution in [1.29, 1.82) is 5.26 Å². The lowest BCUT2D eigenvalue weighted by Gasteiger charge is -2.26. The SMILES string of the molecule is COc1cc(C#N)ccc1OCC(=O)N[C@@H]1CCOc2ccccc21. The standard InChI is InChI=1S/C19H18N2O4/c1-23-18-10-13(11-20)6-7-17(18)25-12-19(22)21-15-8-9-24-16-5-3-2-4-14(15)16/h2-7,10,15H,8-9,12H2,1H3,(H,21,22)/t15-/m1/s1. The maximum Gasteiger partial charge on any atom is 0.258 e. The monoisotopic (exact) mass is 338 g/mol. The molecule has 0 saturated heterocycles. The number of amides is 1. The first-order valence-electron chi connectivity index (χ1n) is 7.93. The van der Waals surface area contributed by atoms with Gasteiger partial charge in [-0.15, -0.1) is 0 Å². The van der Waals surface area contributed by atoms with Crippen LogP contribution in [-0.2, 0) is 4.79 Å². The van der Waals surface area contributed by atoms with Crippen molar-refractivity contribution in [2.75, 3.05) is 20.3 Å². The summed E-state index contributed by atoms with van der Waals surface area (Å²) < 4.78 is 16.3. The van der Waals surface area contributed by atoms with Gasteiger partial charge in [-0.3, -0.25) is 4.79 Å². The first-order chi connectivity index (χ1) is 12.2. The Morgan fingerprint density at radius 2 is 2.16 bits per heavy atom. The number of nitrogens with one attached hydrogen (secondary N) is 1. The number of para-hydroxylation sites is 1. The third-order valence-corrected chi connectivity index (χ3v) is 3.95. The van der Waals surface area contributed by atoms with Gasteiger partial charge in [0.25, 0.3) is 5.91 Å². The normalized spacial score (nSPS) is 15.3. The van der Waals surface area contributed by atoms with Crippen LogP contribution in [0.2, 0.25) is 0 Å². The summed E-state index contributed by atoms with van der Waals surface area (Å²) in [5.74, 6) is 1.41. The highest BCUT2D eigenvalue weighted by Gasteiger charge is 2.22. The third-order valence-electron chi connectivity index (χ3n) is 3.95. The molecule has 0 aliphatic carbocycles. The van der Waals surface area contributed by atoms with E-state index in [9.17, 15) is 4.79 Å². The highest BCUT2D eigenvalue weighted by atomic mass is 16.5. The largest absolute Gasteiger partial charge is 0.493 e. The van der Waals surface area contributed by atoms with Crippen molar-refractivity contribution in [3.8, 4) is 23.3 Å². The lowest BCUT2D eigenvalue weighted by Crippen LogP contribution is -2.35. The van der Waals surface area contributed by atoms with Crippen molar-refractivity contribution < 1.29 is 19.0 Å². The second-order valence-corrected chi connectivity index (χ2v) is 5.56. The van der Waals surface area contributed by atoms with Gasteiger partial charge in [0.1, 0.15) is 5.75 Å². The van der Waals surface area contributed by atoms with Gasteiger partial charge in [-0.2, -0.15) is 5.26 Å². The van der Waals surface area contributed by atoms with E-state index in [1.807, 2.05) is 30.3 Å². The summed E-state index contributed by atoms with van der Waals surface area (Å²) in [7, 11) is 1.49. The average Bonchev–Trinajstić information content (AvgIpc) is 2.66. The van der Waals surface area contributed by atoms with Gasteiger partial charge < -0.3 is 19.5 Å². The molecular weight excluding hydrogens is 320 g/mol. The van der Waals surface area contributed by atoms with Crippen LogP contribution < -0.4 is 19.5 Å². The Morgan fingerprint density at radius 3 is 2.96 bits per heavy atom. The average molecular weight is 338 g/mol. The summed E-state index contributed by atoms with van der Waals surface area (Å²) in [4.78, 5) is 12.2. The molecule has 6 heteroatoms. The number of fused-ring (bicyclic) bond motifs is 1. The number of hydrogen-bond acceptors (Lipinski definition) is 5. The molecule has 1 N–H and O–H groups in total. The van der Waals surface area contributed by atoms with Gasteiger partial charge in [0.2, 0.25) is 0 Å². The summed E-state index contributed by atoms with van der Waals surface area (Å²) in [6, 6.07) is 14.4. The van der Waals surface area contributed by atoms with Gasteiger partial charge in [0.05, 0.1) is 31.4 Å². The molecular formula is C19H18N2O4. The highest BCUT2D eigenvalue weighted by Crippen LogP contribution is 2.31. The van der Waals surface area contributed by atoms with E-state index in [1.165, 1.54) is 7.11 Å². The fourth-order valence-electron chi connectivity index (χ4n) is 2.73. The van der Waals surface area contributed by atoms with Crippen molar-refractivity contribution in [2.24, 2.45) is 0 Å². The quantitative estimate of drug-likeness (QED) is 0.906. The van der Waals surface area contributed by atoms with E-state index in [0.717, 1.165) is 11.3 Å². The van der Waals surface area contributed by atoms with Gasteiger partial charge in [-0.1, -0.05) is 18.2 Å². The smallest absolute Gasteiger partial charge is 0.258 e. The second-order valence-electron chi connectivity index (χ2n) is 5.56. The third kappa shape index (κ3) is 3.83. The number of nitriles is 1. The van der Waals surface area contributed by atoms with Gasteiger partial charge in [-0.25, -0.2) is 0 Å². The maximum atomic E-state index is 12.2. The van der Waals surface area contributed by atoms with Crippen LogP contribution in [0.1, 0.15) is 23.6 Å². The Labute approximate surface area is 145 Å². The van der Waals surface area contributed by atoms with Crippen LogP contribution >= 0.6 is 0 Å². The number of nitrogens with zero attached hydrogens (tertiary/aromatic N) is 1. The molecule has 0 fully saturated rings. The Morgan fingerprint density at radius 1 is 1.32 bits per heavy atom. The van der Waals surface area contributed by atoms with Gasteiger partial charge >= 0.3 is 0 Å². The number of ether oxygens (including phenoxy) is 3. The number of carbonyl (C=O) groups excluding carboxylic acids is 1. The van der Waals surface area contributed by atoms with Crippen LogP contribution in [0.25, 0.3) is 0 Å². The van der Waals surface area contributed by atoms with Crippen LogP contribution in [0.3, 0.4) is 0 Å². The lowest BCUT2D eigenvalue weighted by molar-refractivity contribution is -0.124. The van der Waals surface area contributed by atoms with E-state index in [1.54, 1.807) is 18.2 Å². The molecule has 1 amide bonds.